The Morgan fingerprint density at radius 2 is 1.92 bits per heavy atom. The summed E-state index contributed by atoms with van der Waals surface area (Å²) in [6.07, 6.45) is 1.25. The van der Waals surface area contributed by atoms with Gasteiger partial charge in [0, 0.05) is 17.5 Å². The average Bonchev–Trinajstić information content (AvgIpc) is 3.35. The third-order valence-electron chi connectivity index (χ3n) is 6.65. The molecule has 0 spiro atoms. The normalized spacial score (nSPS) is 16.6. The van der Waals surface area contributed by atoms with Gasteiger partial charge < -0.3 is 9.64 Å². The third kappa shape index (κ3) is 5.48. The van der Waals surface area contributed by atoms with E-state index >= 15 is 0 Å². The molecule has 36 heavy (non-hydrogen) atoms. The number of carbonyl (C=O) groups excluding carboxylic acids is 1. The second kappa shape index (κ2) is 11.1. The van der Waals surface area contributed by atoms with Gasteiger partial charge in [-0.25, -0.2) is 12.8 Å². The molecule has 0 unspecified atom stereocenters. The number of halogens is 1. The van der Waals surface area contributed by atoms with Crippen LogP contribution in [0.1, 0.15) is 42.3 Å². The quantitative estimate of drug-likeness (QED) is 0.382. The highest BCUT2D eigenvalue weighted by molar-refractivity contribution is 7.89. The summed E-state index contributed by atoms with van der Waals surface area (Å²) in [5.74, 6) is -0.649. The molecular weight excluding hydrogens is 499 g/mol. The van der Waals surface area contributed by atoms with Crippen molar-refractivity contribution < 1.29 is 22.3 Å². The fraction of sp³-hybridized carbons (Fsp3) is 0.370. The summed E-state index contributed by atoms with van der Waals surface area (Å²) >= 11 is 1.62. The molecule has 1 aromatic heterocycles. The van der Waals surface area contributed by atoms with E-state index in [1.165, 1.54) is 10.4 Å². The zero-order chi connectivity index (χ0) is 25.9. The van der Waals surface area contributed by atoms with Crippen LogP contribution in [0.15, 0.2) is 64.9 Å². The van der Waals surface area contributed by atoms with Gasteiger partial charge in [-0.15, -0.1) is 11.3 Å². The van der Waals surface area contributed by atoms with Crippen molar-refractivity contribution in [3.8, 4) is 5.75 Å². The molecule has 0 saturated heterocycles. The van der Waals surface area contributed by atoms with Gasteiger partial charge in [-0.3, -0.25) is 4.79 Å². The first kappa shape index (κ1) is 26.3. The van der Waals surface area contributed by atoms with Gasteiger partial charge in [0.25, 0.3) is 0 Å². The Labute approximate surface area is 216 Å². The average molecular weight is 531 g/mol. The molecule has 0 aliphatic carbocycles. The van der Waals surface area contributed by atoms with Crippen molar-refractivity contribution in [2.75, 3.05) is 19.7 Å². The van der Waals surface area contributed by atoms with Gasteiger partial charge in [-0.2, -0.15) is 4.31 Å². The molecule has 6 nitrogen and oxygen atoms in total. The summed E-state index contributed by atoms with van der Waals surface area (Å²) in [6.45, 7) is 5.84. The number of para-hydroxylation sites is 1. The Hall–Kier alpha value is -2.75. The second-order valence-corrected chi connectivity index (χ2v) is 11.9. The van der Waals surface area contributed by atoms with Crippen LogP contribution in [0.2, 0.25) is 0 Å². The molecule has 4 rings (SSSR count). The number of ether oxygens (including phenoxy) is 1. The molecule has 2 atom stereocenters. The van der Waals surface area contributed by atoms with E-state index < -0.39 is 21.9 Å². The van der Waals surface area contributed by atoms with Crippen molar-refractivity contribution in [2.24, 2.45) is 0 Å². The lowest BCUT2D eigenvalue weighted by molar-refractivity contribution is -0.135. The van der Waals surface area contributed by atoms with E-state index in [1.54, 1.807) is 58.7 Å². The van der Waals surface area contributed by atoms with Crippen LogP contribution in [0.3, 0.4) is 0 Å². The minimum absolute atomic E-state index is 0.0739. The van der Waals surface area contributed by atoms with Crippen LogP contribution in [0.25, 0.3) is 0 Å². The molecule has 2 aromatic carbocycles. The zero-order valence-electron chi connectivity index (χ0n) is 20.7. The van der Waals surface area contributed by atoms with Crippen LogP contribution in [0.5, 0.6) is 5.75 Å². The standard InChI is InChI=1S/C27H31FN2O4S2/c1-4-20(3)30(36(32,33)21-11-9-19(2)10-12-21)17-27(31)29-15-13-26-22(14-16-35-26)24(29)18-34-25-8-6-5-7-23(25)28/h5-12,14,16,20,24H,4,13,15,17-18H2,1-3H3/t20-,24-/m1/s1. The number of fused-ring (bicyclic) bond motifs is 1. The van der Waals surface area contributed by atoms with E-state index in [4.69, 9.17) is 4.74 Å². The summed E-state index contributed by atoms with van der Waals surface area (Å²) in [5, 5.41) is 1.97. The van der Waals surface area contributed by atoms with Crippen molar-refractivity contribution in [3.63, 3.8) is 0 Å². The van der Waals surface area contributed by atoms with Crippen molar-refractivity contribution in [1.29, 1.82) is 0 Å². The Morgan fingerprint density at radius 1 is 1.19 bits per heavy atom. The number of rotatable bonds is 9. The lowest BCUT2D eigenvalue weighted by Gasteiger charge is -2.37. The molecule has 9 heteroatoms. The monoisotopic (exact) mass is 530 g/mol. The summed E-state index contributed by atoms with van der Waals surface area (Å²) in [7, 11) is -3.88. The van der Waals surface area contributed by atoms with Crippen LogP contribution in [-0.4, -0.2) is 49.3 Å². The van der Waals surface area contributed by atoms with Gasteiger partial charge in [-0.05, 0) is 68.0 Å². The van der Waals surface area contributed by atoms with E-state index in [-0.39, 0.29) is 35.7 Å². The predicted molar refractivity (Wildman–Crippen MR) is 139 cm³/mol. The number of benzene rings is 2. The molecule has 192 valence electrons. The number of amides is 1. The molecule has 0 saturated carbocycles. The highest BCUT2D eigenvalue weighted by Gasteiger charge is 2.36. The lowest BCUT2D eigenvalue weighted by Crippen LogP contribution is -2.49. The fourth-order valence-corrected chi connectivity index (χ4v) is 6.94. The number of carbonyl (C=O) groups is 1. The van der Waals surface area contributed by atoms with E-state index in [2.05, 4.69) is 0 Å². The van der Waals surface area contributed by atoms with Crippen LogP contribution >= 0.6 is 11.3 Å². The Bertz CT molecular complexity index is 1310. The van der Waals surface area contributed by atoms with Gasteiger partial charge in [0.1, 0.15) is 6.61 Å². The van der Waals surface area contributed by atoms with Gasteiger partial charge in [0.2, 0.25) is 15.9 Å². The number of hydrogen-bond acceptors (Lipinski definition) is 5. The molecule has 2 heterocycles. The molecule has 0 bridgehead atoms. The van der Waals surface area contributed by atoms with Crippen molar-refractivity contribution >= 4 is 27.3 Å². The Kier molecular flexibility index (Phi) is 8.12. The topological polar surface area (TPSA) is 66.9 Å². The van der Waals surface area contributed by atoms with Crippen LogP contribution < -0.4 is 4.74 Å². The maximum atomic E-state index is 14.2. The van der Waals surface area contributed by atoms with Crippen LogP contribution in [-0.2, 0) is 21.2 Å². The minimum Gasteiger partial charge on any atom is -0.488 e. The highest BCUT2D eigenvalue weighted by Crippen LogP contribution is 2.34. The number of nitrogens with zero attached hydrogens (tertiary/aromatic N) is 2. The number of hydrogen-bond donors (Lipinski definition) is 0. The van der Waals surface area contributed by atoms with Gasteiger partial charge in [0.05, 0.1) is 17.5 Å². The van der Waals surface area contributed by atoms with Crippen LogP contribution in [0, 0.1) is 12.7 Å². The minimum atomic E-state index is -3.88. The summed E-state index contributed by atoms with van der Waals surface area (Å²) < 4.78 is 48.4. The van der Waals surface area contributed by atoms with E-state index in [9.17, 15) is 17.6 Å². The van der Waals surface area contributed by atoms with Gasteiger partial charge in [-0.1, -0.05) is 36.8 Å². The number of sulfonamides is 1. The molecule has 1 amide bonds. The fourth-order valence-electron chi connectivity index (χ4n) is 4.36. The highest BCUT2D eigenvalue weighted by atomic mass is 32.2. The third-order valence-corrected chi connectivity index (χ3v) is 9.62. The predicted octanol–water partition coefficient (Wildman–Crippen LogP) is 5.19. The first-order valence-electron chi connectivity index (χ1n) is 12.0. The summed E-state index contributed by atoms with van der Waals surface area (Å²) in [6, 6.07) is 14.0. The van der Waals surface area contributed by atoms with Crippen molar-refractivity contribution in [1.82, 2.24) is 9.21 Å². The van der Waals surface area contributed by atoms with Crippen LogP contribution in [0.4, 0.5) is 4.39 Å². The van der Waals surface area contributed by atoms with E-state index in [0.717, 1.165) is 16.0 Å². The molecule has 1 aliphatic heterocycles. The van der Waals surface area contributed by atoms with Crippen molar-refractivity contribution in [2.45, 2.75) is 50.6 Å². The second-order valence-electron chi connectivity index (χ2n) is 9.01. The van der Waals surface area contributed by atoms with Crippen molar-refractivity contribution in [3.05, 3.63) is 81.8 Å². The molecule has 0 radical (unpaired) electrons. The lowest BCUT2D eigenvalue weighted by atomic mass is 10.0. The summed E-state index contributed by atoms with van der Waals surface area (Å²) in [4.78, 5) is 16.7. The Morgan fingerprint density at radius 3 is 2.61 bits per heavy atom. The smallest absolute Gasteiger partial charge is 0.243 e. The first-order chi connectivity index (χ1) is 17.2. The molecule has 1 aliphatic rings. The molecule has 0 fully saturated rings. The van der Waals surface area contributed by atoms with Gasteiger partial charge >= 0.3 is 0 Å². The SMILES string of the molecule is CC[C@@H](C)N(CC(=O)N1CCc2sccc2[C@H]1COc1ccccc1F)S(=O)(=O)c1ccc(C)cc1. The maximum absolute atomic E-state index is 14.2. The summed E-state index contributed by atoms with van der Waals surface area (Å²) in [5.41, 5.74) is 1.92. The molecule has 0 N–H and O–H groups in total. The first-order valence-corrected chi connectivity index (χ1v) is 14.4. The number of aryl methyl sites for hydroxylation is 1. The Balaban J connectivity index is 1.59. The largest absolute Gasteiger partial charge is 0.488 e. The molecular formula is C27H31FN2O4S2. The van der Waals surface area contributed by atoms with E-state index in [1.807, 2.05) is 32.2 Å². The number of thiophene rings is 1. The zero-order valence-corrected chi connectivity index (χ0v) is 22.3. The van der Waals surface area contributed by atoms with Gasteiger partial charge in [0.15, 0.2) is 11.6 Å². The maximum Gasteiger partial charge on any atom is 0.243 e. The van der Waals surface area contributed by atoms with E-state index in [0.29, 0.717) is 19.4 Å². The molecule has 3 aromatic rings.